The molecule has 0 radical (unpaired) electrons. The van der Waals surface area contributed by atoms with Crippen molar-refractivity contribution in [3.05, 3.63) is 33.3 Å². The van der Waals surface area contributed by atoms with E-state index in [9.17, 15) is 0 Å². The number of halogens is 2. The van der Waals surface area contributed by atoms with Crippen LogP contribution in [-0.4, -0.2) is 7.05 Å². The number of rotatable bonds is 0. The van der Waals surface area contributed by atoms with Crippen LogP contribution >= 0.6 is 23.2 Å². The highest BCUT2D eigenvalue weighted by atomic mass is 35.5. The van der Waals surface area contributed by atoms with Crippen molar-refractivity contribution in [2.24, 2.45) is 5.73 Å². The second-order valence-electron chi connectivity index (χ2n) is 2.30. The molecule has 1 rings (SSSR count). The molecule has 0 aromatic heterocycles. The fourth-order valence-electron chi connectivity index (χ4n) is 0.749. The molecule has 0 aliphatic heterocycles. The highest BCUT2D eigenvalue weighted by molar-refractivity contribution is 6.42. The summed E-state index contributed by atoms with van der Waals surface area (Å²) >= 11 is 11.6. The van der Waals surface area contributed by atoms with Crippen LogP contribution < -0.4 is 5.73 Å². The third-order valence-electron chi connectivity index (χ3n) is 1.61. The van der Waals surface area contributed by atoms with Gasteiger partial charge in [-0.2, -0.15) is 0 Å². The maximum atomic E-state index is 5.85. The van der Waals surface area contributed by atoms with Crippen LogP contribution in [0.15, 0.2) is 12.1 Å². The zero-order valence-electron chi connectivity index (χ0n) is 7.49. The lowest BCUT2D eigenvalue weighted by molar-refractivity contribution is 1.34. The van der Waals surface area contributed by atoms with Crippen LogP contribution in [0.4, 0.5) is 0 Å². The molecule has 0 spiro atoms. The van der Waals surface area contributed by atoms with Gasteiger partial charge in [-0.3, -0.25) is 0 Å². The van der Waals surface area contributed by atoms with Gasteiger partial charge >= 0.3 is 0 Å². The third kappa shape index (κ3) is 2.67. The summed E-state index contributed by atoms with van der Waals surface area (Å²) in [6, 6.07) is 3.77. The maximum absolute atomic E-state index is 5.85. The fourth-order valence-corrected chi connectivity index (χ4v) is 1.17. The molecule has 0 bridgehead atoms. The number of benzene rings is 1. The summed E-state index contributed by atoms with van der Waals surface area (Å²) in [4.78, 5) is 0. The summed E-state index contributed by atoms with van der Waals surface area (Å²) in [7, 11) is 1.50. The fraction of sp³-hybridized carbons (Fsp3) is 0.333. The molecule has 0 saturated heterocycles. The molecular formula is C9H13Cl2N. The molecule has 1 nitrogen and oxygen atoms in total. The molecule has 3 heteroatoms. The third-order valence-corrected chi connectivity index (χ3v) is 2.51. The number of aryl methyl sites for hydroxylation is 1. The van der Waals surface area contributed by atoms with Crippen molar-refractivity contribution in [1.29, 1.82) is 0 Å². The molecule has 0 heterocycles. The van der Waals surface area contributed by atoms with Gasteiger partial charge in [-0.25, -0.2) is 0 Å². The Kier molecular flexibility index (Phi) is 5.31. The number of hydrogen-bond acceptors (Lipinski definition) is 1. The molecule has 0 amide bonds. The van der Waals surface area contributed by atoms with Crippen molar-refractivity contribution in [3.63, 3.8) is 0 Å². The molecule has 0 aliphatic rings. The van der Waals surface area contributed by atoms with Crippen LogP contribution in [0.5, 0.6) is 0 Å². The van der Waals surface area contributed by atoms with Gasteiger partial charge < -0.3 is 5.73 Å². The van der Waals surface area contributed by atoms with Crippen molar-refractivity contribution in [2.75, 3.05) is 7.05 Å². The average molecular weight is 206 g/mol. The van der Waals surface area contributed by atoms with Gasteiger partial charge in [-0.15, -0.1) is 0 Å². The van der Waals surface area contributed by atoms with Gasteiger partial charge in [0.1, 0.15) is 0 Å². The molecule has 0 fully saturated rings. The minimum Gasteiger partial charge on any atom is -0.333 e. The van der Waals surface area contributed by atoms with Gasteiger partial charge in [-0.1, -0.05) is 29.3 Å². The van der Waals surface area contributed by atoms with Gasteiger partial charge in [0.15, 0.2) is 0 Å². The van der Waals surface area contributed by atoms with Crippen LogP contribution in [0.3, 0.4) is 0 Å². The predicted molar refractivity (Wildman–Crippen MR) is 56.0 cm³/mol. The van der Waals surface area contributed by atoms with E-state index in [1.807, 2.05) is 26.0 Å². The monoisotopic (exact) mass is 205 g/mol. The summed E-state index contributed by atoms with van der Waals surface area (Å²) in [5.74, 6) is 0. The first-order chi connectivity index (χ1) is 5.63. The Bertz CT molecular complexity index is 232. The highest BCUT2D eigenvalue weighted by Gasteiger charge is 2.01. The Hall–Kier alpha value is -0.240. The quantitative estimate of drug-likeness (QED) is 0.693. The Morgan fingerprint density at radius 2 is 1.58 bits per heavy atom. The van der Waals surface area contributed by atoms with Crippen molar-refractivity contribution in [3.8, 4) is 0 Å². The lowest BCUT2D eigenvalue weighted by atomic mass is 10.1. The van der Waals surface area contributed by atoms with E-state index >= 15 is 0 Å². The van der Waals surface area contributed by atoms with Crippen LogP contribution in [0.1, 0.15) is 11.1 Å². The first kappa shape index (κ1) is 11.8. The van der Waals surface area contributed by atoms with Crippen LogP contribution in [0.2, 0.25) is 10.0 Å². The van der Waals surface area contributed by atoms with E-state index in [-0.39, 0.29) is 0 Å². The van der Waals surface area contributed by atoms with E-state index in [0.29, 0.717) is 10.0 Å². The maximum Gasteiger partial charge on any atom is 0.0624 e. The van der Waals surface area contributed by atoms with E-state index < -0.39 is 0 Å². The Balaban J connectivity index is 0.000000561. The Morgan fingerprint density at radius 3 is 2.00 bits per heavy atom. The van der Waals surface area contributed by atoms with Crippen molar-refractivity contribution in [2.45, 2.75) is 13.8 Å². The van der Waals surface area contributed by atoms with Crippen molar-refractivity contribution >= 4 is 23.2 Å². The molecular weight excluding hydrogens is 193 g/mol. The zero-order valence-corrected chi connectivity index (χ0v) is 9.00. The minimum absolute atomic E-state index is 0.629. The minimum atomic E-state index is 0.629. The van der Waals surface area contributed by atoms with E-state index in [2.05, 4.69) is 5.73 Å². The summed E-state index contributed by atoms with van der Waals surface area (Å²) < 4.78 is 0. The van der Waals surface area contributed by atoms with Gasteiger partial charge in [-0.05, 0) is 38.1 Å². The molecule has 12 heavy (non-hydrogen) atoms. The molecule has 2 N–H and O–H groups in total. The van der Waals surface area contributed by atoms with E-state index in [0.717, 1.165) is 5.56 Å². The zero-order chi connectivity index (χ0) is 9.72. The molecule has 0 atom stereocenters. The Morgan fingerprint density at radius 1 is 1.08 bits per heavy atom. The standard InChI is InChI=1S/C8H8Cl2.CH5N/c1-5-3-4-7(9)8(10)6(5)2;1-2/h3-4H,1-2H3;2H2,1H3. The lowest BCUT2D eigenvalue weighted by Gasteiger charge is -2.02. The van der Waals surface area contributed by atoms with Crippen LogP contribution in [0, 0.1) is 13.8 Å². The molecule has 0 aliphatic carbocycles. The first-order valence-electron chi connectivity index (χ1n) is 3.62. The SMILES string of the molecule is CN.Cc1ccc(Cl)c(Cl)c1C. The first-order valence-corrected chi connectivity index (χ1v) is 4.37. The highest BCUT2D eigenvalue weighted by Crippen LogP contribution is 2.26. The average Bonchev–Trinajstić information content (AvgIpc) is 2.12. The van der Waals surface area contributed by atoms with Crippen molar-refractivity contribution < 1.29 is 0 Å². The molecule has 1 aromatic rings. The second-order valence-corrected chi connectivity index (χ2v) is 3.09. The normalized spacial score (nSPS) is 8.83. The second kappa shape index (κ2) is 5.41. The summed E-state index contributed by atoms with van der Waals surface area (Å²) in [5, 5.41) is 1.30. The predicted octanol–water partition coefficient (Wildman–Crippen LogP) is 3.19. The summed E-state index contributed by atoms with van der Waals surface area (Å²) in [5.41, 5.74) is 6.74. The van der Waals surface area contributed by atoms with Crippen LogP contribution in [-0.2, 0) is 0 Å². The van der Waals surface area contributed by atoms with Gasteiger partial charge in [0.25, 0.3) is 0 Å². The molecule has 68 valence electrons. The molecule has 0 saturated carbocycles. The van der Waals surface area contributed by atoms with Gasteiger partial charge in [0.05, 0.1) is 10.0 Å². The van der Waals surface area contributed by atoms with E-state index in [4.69, 9.17) is 23.2 Å². The topological polar surface area (TPSA) is 26.0 Å². The number of hydrogen-bond donors (Lipinski definition) is 1. The largest absolute Gasteiger partial charge is 0.333 e. The van der Waals surface area contributed by atoms with E-state index in [1.165, 1.54) is 12.6 Å². The number of nitrogens with two attached hydrogens (primary N) is 1. The summed E-state index contributed by atoms with van der Waals surface area (Å²) in [6.07, 6.45) is 0. The molecule has 1 aromatic carbocycles. The summed E-state index contributed by atoms with van der Waals surface area (Å²) in [6.45, 7) is 3.97. The van der Waals surface area contributed by atoms with Gasteiger partial charge in [0, 0.05) is 0 Å². The van der Waals surface area contributed by atoms with Crippen molar-refractivity contribution in [1.82, 2.24) is 0 Å². The van der Waals surface area contributed by atoms with Crippen LogP contribution in [0.25, 0.3) is 0 Å². The smallest absolute Gasteiger partial charge is 0.0624 e. The van der Waals surface area contributed by atoms with Gasteiger partial charge in [0.2, 0.25) is 0 Å². The van der Waals surface area contributed by atoms with E-state index in [1.54, 1.807) is 0 Å². The lowest BCUT2D eigenvalue weighted by Crippen LogP contribution is -1.81. The molecule has 0 unspecified atom stereocenters. The Labute approximate surface area is 83.5 Å².